The largest absolute Gasteiger partial charge is 0.367 e. The minimum Gasteiger partial charge on any atom is -0.367 e. The van der Waals surface area contributed by atoms with Crippen LogP contribution in [0.5, 0.6) is 0 Å². The third-order valence-corrected chi connectivity index (χ3v) is 6.63. The average molecular weight is 404 g/mol. The van der Waals surface area contributed by atoms with Crippen molar-refractivity contribution in [2.24, 2.45) is 11.8 Å². The molecule has 3 aliphatic rings. The SMILES string of the molecule is O=C(CCN1C(=O)[C@@H]2CCCC[C@H]2C1=O)N1CCN(c2ccccc2Cl)CC1. The van der Waals surface area contributed by atoms with Crippen molar-refractivity contribution in [2.45, 2.75) is 32.1 Å². The second-order valence-electron chi connectivity index (χ2n) is 7.89. The predicted molar refractivity (Wildman–Crippen MR) is 107 cm³/mol. The summed E-state index contributed by atoms with van der Waals surface area (Å²) in [4.78, 5) is 43.0. The quantitative estimate of drug-likeness (QED) is 0.725. The molecule has 0 unspecified atom stereocenters. The molecule has 1 saturated carbocycles. The molecule has 2 atom stereocenters. The fourth-order valence-corrected chi connectivity index (χ4v) is 4.98. The number of fused-ring (bicyclic) bond motifs is 1. The fraction of sp³-hybridized carbons (Fsp3) is 0.571. The van der Waals surface area contributed by atoms with E-state index in [1.807, 2.05) is 29.2 Å². The highest BCUT2D eigenvalue weighted by Crippen LogP contribution is 2.38. The zero-order valence-corrected chi connectivity index (χ0v) is 16.7. The number of para-hydroxylation sites is 1. The standard InChI is InChI=1S/C21H26ClN3O3/c22-17-7-3-4-8-18(17)23-11-13-24(14-12-23)19(26)9-10-25-20(27)15-5-1-2-6-16(15)21(25)28/h3-4,7-8,15-16H,1-2,5-6,9-14H2/t15-,16-/m1/s1. The lowest BCUT2D eigenvalue weighted by atomic mass is 9.81. The molecule has 6 nitrogen and oxygen atoms in total. The van der Waals surface area contributed by atoms with Crippen molar-refractivity contribution in [1.29, 1.82) is 0 Å². The maximum absolute atomic E-state index is 12.6. The topological polar surface area (TPSA) is 60.9 Å². The summed E-state index contributed by atoms with van der Waals surface area (Å²) in [7, 11) is 0. The number of anilines is 1. The maximum Gasteiger partial charge on any atom is 0.233 e. The van der Waals surface area contributed by atoms with E-state index in [0.29, 0.717) is 13.1 Å². The molecule has 0 bridgehead atoms. The summed E-state index contributed by atoms with van der Waals surface area (Å²) < 4.78 is 0. The zero-order valence-electron chi connectivity index (χ0n) is 16.0. The molecule has 3 amide bonds. The Balaban J connectivity index is 1.29. The van der Waals surface area contributed by atoms with Gasteiger partial charge in [0, 0.05) is 39.1 Å². The summed E-state index contributed by atoms with van der Waals surface area (Å²) in [5, 5.41) is 0.717. The molecule has 0 N–H and O–H groups in total. The van der Waals surface area contributed by atoms with Gasteiger partial charge in [-0.2, -0.15) is 0 Å². The van der Waals surface area contributed by atoms with Crippen molar-refractivity contribution in [3.8, 4) is 0 Å². The Kier molecular flexibility index (Phi) is 5.58. The van der Waals surface area contributed by atoms with Crippen LogP contribution in [0.2, 0.25) is 5.02 Å². The molecule has 2 aliphatic heterocycles. The number of imide groups is 1. The normalized spacial score (nSPS) is 25.2. The first-order valence-corrected chi connectivity index (χ1v) is 10.6. The van der Waals surface area contributed by atoms with Gasteiger partial charge in [-0.25, -0.2) is 0 Å². The van der Waals surface area contributed by atoms with Crippen LogP contribution in [0.3, 0.4) is 0 Å². The molecule has 150 valence electrons. The molecule has 2 saturated heterocycles. The molecule has 1 aromatic carbocycles. The van der Waals surface area contributed by atoms with Gasteiger partial charge in [0.2, 0.25) is 17.7 Å². The van der Waals surface area contributed by atoms with E-state index in [1.165, 1.54) is 4.90 Å². The lowest BCUT2D eigenvalue weighted by Crippen LogP contribution is -2.49. The van der Waals surface area contributed by atoms with Crippen LogP contribution in [-0.4, -0.2) is 60.2 Å². The Hall–Kier alpha value is -2.08. The van der Waals surface area contributed by atoms with Crippen molar-refractivity contribution in [2.75, 3.05) is 37.6 Å². The maximum atomic E-state index is 12.6. The second kappa shape index (κ2) is 8.11. The Labute approximate surface area is 170 Å². The number of carbonyl (C=O) groups is 3. The van der Waals surface area contributed by atoms with Crippen LogP contribution in [-0.2, 0) is 14.4 Å². The van der Waals surface area contributed by atoms with Crippen LogP contribution in [0, 0.1) is 11.8 Å². The van der Waals surface area contributed by atoms with Crippen molar-refractivity contribution < 1.29 is 14.4 Å². The lowest BCUT2D eigenvalue weighted by Gasteiger charge is -2.36. The molecule has 7 heteroatoms. The Morgan fingerprint density at radius 2 is 1.57 bits per heavy atom. The molecule has 0 spiro atoms. The number of amides is 3. The van der Waals surface area contributed by atoms with Crippen LogP contribution < -0.4 is 4.90 Å². The number of hydrogen-bond donors (Lipinski definition) is 0. The van der Waals surface area contributed by atoms with Gasteiger partial charge in [-0.05, 0) is 25.0 Å². The van der Waals surface area contributed by atoms with E-state index in [1.54, 1.807) is 0 Å². The van der Waals surface area contributed by atoms with Crippen molar-refractivity contribution in [1.82, 2.24) is 9.80 Å². The first kappa shape index (κ1) is 19.2. The summed E-state index contributed by atoms with van der Waals surface area (Å²) in [5.41, 5.74) is 0.993. The highest BCUT2D eigenvalue weighted by atomic mass is 35.5. The van der Waals surface area contributed by atoms with Crippen molar-refractivity contribution in [3.63, 3.8) is 0 Å². The molecule has 2 heterocycles. The number of hydrogen-bond acceptors (Lipinski definition) is 4. The first-order valence-electron chi connectivity index (χ1n) is 10.2. The van der Waals surface area contributed by atoms with E-state index in [0.717, 1.165) is 49.5 Å². The van der Waals surface area contributed by atoms with Gasteiger partial charge < -0.3 is 9.80 Å². The van der Waals surface area contributed by atoms with Crippen LogP contribution in [0.4, 0.5) is 5.69 Å². The van der Waals surface area contributed by atoms with Crippen LogP contribution >= 0.6 is 11.6 Å². The van der Waals surface area contributed by atoms with E-state index in [9.17, 15) is 14.4 Å². The number of piperazine rings is 1. The number of likely N-dealkylation sites (tertiary alicyclic amines) is 1. The summed E-state index contributed by atoms with van der Waals surface area (Å²) in [5.74, 6) is -0.405. The molecule has 28 heavy (non-hydrogen) atoms. The third kappa shape index (κ3) is 3.62. The Bertz CT molecular complexity index is 752. The monoisotopic (exact) mass is 403 g/mol. The van der Waals surface area contributed by atoms with E-state index in [4.69, 9.17) is 11.6 Å². The predicted octanol–water partition coefficient (Wildman–Crippen LogP) is 2.55. The second-order valence-corrected chi connectivity index (χ2v) is 8.30. The highest BCUT2D eigenvalue weighted by molar-refractivity contribution is 6.33. The minimum absolute atomic E-state index is 0.00859. The Morgan fingerprint density at radius 3 is 2.18 bits per heavy atom. The van der Waals surface area contributed by atoms with Gasteiger partial charge in [0.15, 0.2) is 0 Å². The summed E-state index contributed by atoms with van der Waals surface area (Å²) in [6.45, 7) is 2.91. The summed E-state index contributed by atoms with van der Waals surface area (Å²) in [6, 6.07) is 7.73. The van der Waals surface area contributed by atoms with E-state index in [-0.39, 0.29) is 42.5 Å². The van der Waals surface area contributed by atoms with Gasteiger partial charge in [-0.1, -0.05) is 36.6 Å². The molecule has 1 aliphatic carbocycles. The number of benzene rings is 1. The average Bonchev–Trinajstić information content (AvgIpc) is 2.97. The summed E-state index contributed by atoms with van der Waals surface area (Å²) >= 11 is 6.27. The van der Waals surface area contributed by atoms with Crippen LogP contribution in [0.25, 0.3) is 0 Å². The lowest BCUT2D eigenvalue weighted by molar-refractivity contribution is -0.140. The van der Waals surface area contributed by atoms with Gasteiger partial charge in [-0.15, -0.1) is 0 Å². The van der Waals surface area contributed by atoms with E-state index >= 15 is 0 Å². The Morgan fingerprint density at radius 1 is 0.964 bits per heavy atom. The van der Waals surface area contributed by atoms with Crippen LogP contribution in [0.15, 0.2) is 24.3 Å². The number of halogens is 1. The number of carbonyl (C=O) groups excluding carboxylic acids is 3. The number of rotatable bonds is 4. The van der Waals surface area contributed by atoms with E-state index in [2.05, 4.69) is 4.90 Å². The molecule has 0 aromatic heterocycles. The van der Waals surface area contributed by atoms with Crippen LogP contribution in [0.1, 0.15) is 32.1 Å². The molecular weight excluding hydrogens is 378 g/mol. The van der Waals surface area contributed by atoms with Gasteiger partial charge in [0.05, 0.1) is 22.5 Å². The van der Waals surface area contributed by atoms with Gasteiger partial charge in [0.1, 0.15) is 0 Å². The molecule has 1 aromatic rings. The molecular formula is C21H26ClN3O3. The smallest absolute Gasteiger partial charge is 0.233 e. The molecule has 4 rings (SSSR count). The minimum atomic E-state index is -0.143. The van der Waals surface area contributed by atoms with E-state index < -0.39 is 0 Å². The van der Waals surface area contributed by atoms with Gasteiger partial charge >= 0.3 is 0 Å². The number of nitrogens with zero attached hydrogens (tertiary/aromatic N) is 3. The fourth-order valence-electron chi connectivity index (χ4n) is 4.72. The summed E-state index contributed by atoms with van der Waals surface area (Å²) in [6.07, 6.45) is 3.86. The van der Waals surface area contributed by atoms with Gasteiger partial charge in [-0.3, -0.25) is 19.3 Å². The van der Waals surface area contributed by atoms with Gasteiger partial charge in [0.25, 0.3) is 0 Å². The zero-order chi connectivity index (χ0) is 19.7. The van der Waals surface area contributed by atoms with Crippen molar-refractivity contribution in [3.05, 3.63) is 29.3 Å². The third-order valence-electron chi connectivity index (χ3n) is 6.31. The molecule has 3 fully saturated rings. The van der Waals surface area contributed by atoms with Crippen molar-refractivity contribution >= 4 is 35.0 Å². The first-order chi connectivity index (χ1) is 13.6. The highest BCUT2D eigenvalue weighted by Gasteiger charge is 2.47. The molecule has 0 radical (unpaired) electrons.